The number of nitrogens with zero attached hydrogens (tertiary/aromatic N) is 2. The van der Waals surface area contributed by atoms with Crippen LogP contribution < -0.4 is 11.6 Å². The van der Waals surface area contributed by atoms with Crippen molar-refractivity contribution in [3.63, 3.8) is 0 Å². The van der Waals surface area contributed by atoms with E-state index in [0.717, 1.165) is 37.9 Å². The minimum Gasteiger partial charge on any atom is -0.401 e. The predicted molar refractivity (Wildman–Crippen MR) is 80.1 cm³/mol. The van der Waals surface area contributed by atoms with Crippen LogP contribution in [0.3, 0.4) is 0 Å². The van der Waals surface area contributed by atoms with Crippen molar-refractivity contribution < 1.29 is 4.79 Å². The molecule has 20 heavy (non-hydrogen) atoms. The molecule has 4 N–H and O–H groups in total. The summed E-state index contributed by atoms with van der Waals surface area (Å²) in [5.74, 6) is 6.88. The maximum absolute atomic E-state index is 12.7. The summed E-state index contributed by atoms with van der Waals surface area (Å²) in [7, 11) is 0. The smallest absolute Gasteiger partial charge is 0.247 e. The Hall–Kier alpha value is -1.23. The standard InChI is InChI=1S/C15H28N4O/c1-10(2)14(15(20)18-8-4-5-11(18)3)19(17)9-13(16)12-6-7-12/h9-12,14H,4-8,16-17H2,1-3H3/b13-9-. The van der Waals surface area contributed by atoms with Crippen molar-refractivity contribution in [1.82, 2.24) is 9.91 Å². The lowest BCUT2D eigenvalue weighted by Crippen LogP contribution is -2.53. The van der Waals surface area contributed by atoms with E-state index in [1.165, 1.54) is 5.01 Å². The molecular formula is C15H28N4O. The first kappa shape index (κ1) is 15.2. The van der Waals surface area contributed by atoms with E-state index in [-0.39, 0.29) is 17.9 Å². The second-order valence-corrected chi connectivity index (χ2v) is 6.56. The van der Waals surface area contributed by atoms with Gasteiger partial charge >= 0.3 is 0 Å². The number of allylic oxidation sites excluding steroid dienone is 1. The average Bonchev–Trinajstić information content (AvgIpc) is 3.11. The van der Waals surface area contributed by atoms with Crippen LogP contribution in [-0.4, -0.2) is 34.4 Å². The van der Waals surface area contributed by atoms with Crippen LogP contribution in [0.15, 0.2) is 11.9 Å². The molecule has 2 rings (SSSR count). The van der Waals surface area contributed by atoms with Crippen molar-refractivity contribution in [2.45, 2.75) is 58.5 Å². The molecule has 2 fully saturated rings. The van der Waals surface area contributed by atoms with E-state index in [0.29, 0.717) is 12.0 Å². The number of rotatable bonds is 5. The number of likely N-dealkylation sites (tertiary alicyclic amines) is 1. The number of hydrazine groups is 1. The SMILES string of the molecule is CC(C)C(C(=O)N1CCCC1C)N(N)/C=C(\N)C1CC1. The second kappa shape index (κ2) is 6.04. The lowest BCUT2D eigenvalue weighted by Gasteiger charge is -2.34. The summed E-state index contributed by atoms with van der Waals surface area (Å²) in [5, 5.41) is 1.53. The molecule has 2 atom stereocenters. The molecule has 1 saturated heterocycles. The highest BCUT2D eigenvalue weighted by atomic mass is 16.2. The van der Waals surface area contributed by atoms with Crippen LogP contribution in [0, 0.1) is 11.8 Å². The Bertz CT molecular complexity index is 389. The van der Waals surface area contributed by atoms with Crippen molar-refractivity contribution in [3.8, 4) is 0 Å². The molecular weight excluding hydrogens is 252 g/mol. The molecule has 114 valence electrons. The molecule has 2 aliphatic rings. The Kier molecular flexibility index (Phi) is 4.58. The highest BCUT2D eigenvalue weighted by Gasteiger charge is 2.35. The summed E-state index contributed by atoms with van der Waals surface area (Å²) >= 11 is 0. The second-order valence-electron chi connectivity index (χ2n) is 6.56. The summed E-state index contributed by atoms with van der Waals surface area (Å²) in [5.41, 5.74) is 6.82. The van der Waals surface area contributed by atoms with Crippen LogP contribution in [0.25, 0.3) is 0 Å². The summed E-state index contributed by atoms with van der Waals surface area (Å²) in [4.78, 5) is 14.7. The summed E-state index contributed by atoms with van der Waals surface area (Å²) in [6.07, 6.45) is 6.21. The predicted octanol–water partition coefficient (Wildman–Crippen LogP) is 1.41. The van der Waals surface area contributed by atoms with Crippen molar-refractivity contribution in [3.05, 3.63) is 11.9 Å². The van der Waals surface area contributed by atoms with Gasteiger partial charge in [0.2, 0.25) is 5.91 Å². The zero-order valence-corrected chi connectivity index (χ0v) is 12.9. The zero-order valence-electron chi connectivity index (χ0n) is 12.9. The van der Waals surface area contributed by atoms with Crippen LogP contribution in [-0.2, 0) is 4.79 Å². The van der Waals surface area contributed by atoms with E-state index in [9.17, 15) is 4.79 Å². The van der Waals surface area contributed by atoms with Gasteiger partial charge in [0.15, 0.2) is 0 Å². The van der Waals surface area contributed by atoms with Gasteiger partial charge in [0.05, 0.1) is 0 Å². The van der Waals surface area contributed by atoms with E-state index in [1.807, 2.05) is 18.7 Å². The van der Waals surface area contributed by atoms with Gasteiger partial charge in [-0.1, -0.05) is 13.8 Å². The van der Waals surface area contributed by atoms with Crippen LogP contribution in [0.2, 0.25) is 0 Å². The number of amides is 1. The third-order valence-corrected chi connectivity index (χ3v) is 4.39. The molecule has 0 bridgehead atoms. The number of hydrogen-bond acceptors (Lipinski definition) is 4. The van der Waals surface area contributed by atoms with Gasteiger partial charge in [-0.05, 0) is 38.5 Å². The Balaban J connectivity index is 2.09. The number of carbonyl (C=O) groups is 1. The fourth-order valence-corrected chi connectivity index (χ4v) is 2.96. The van der Waals surface area contributed by atoms with E-state index in [4.69, 9.17) is 11.6 Å². The Morgan fingerprint density at radius 3 is 2.45 bits per heavy atom. The Morgan fingerprint density at radius 1 is 1.35 bits per heavy atom. The van der Waals surface area contributed by atoms with E-state index >= 15 is 0 Å². The fraction of sp³-hybridized carbons (Fsp3) is 0.800. The normalized spacial score (nSPS) is 25.1. The van der Waals surface area contributed by atoms with Crippen LogP contribution in [0.5, 0.6) is 0 Å². The molecule has 0 spiro atoms. The van der Waals surface area contributed by atoms with Gasteiger partial charge in [-0.2, -0.15) is 0 Å². The van der Waals surface area contributed by atoms with Gasteiger partial charge < -0.3 is 15.6 Å². The van der Waals surface area contributed by atoms with Crippen LogP contribution in [0.1, 0.15) is 46.5 Å². The quantitative estimate of drug-likeness (QED) is 0.590. The number of nitrogens with two attached hydrogens (primary N) is 2. The van der Waals surface area contributed by atoms with Crippen molar-refractivity contribution in [2.24, 2.45) is 23.4 Å². The summed E-state index contributed by atoms with van der Waals surface area (Å²) in [6, 6.07) is -0.00485. The first-order valence-corrected chi connectivity index (χ1v) is 7.72. The molecule has 0 aromatic rings. The number of hydrogen-bond donors (Lipinski definition) is 2. The van der Waals surface area contributed by atoms with E-state index < -0.39 is 0 Å². The molecule has 1 heterocycles. The third kappa shape index (κ3) is 3.26. The Morgan fingerprint density at radius 2 is 2.00 bits per heavy atom. The Labute approximate surface area is 121 Å². The molecule has 5 nitrogen and oxygen atoms in total. The minimum atomic E-state index is -0.326. The highest BCUT2D eigenvalue weighted by molar-refractivity contribution is 5.82. The van der Waals surface area contributed by atoms with E-state index in [2.05, 4.69) is 6.92 Å². The van der Waals surface area contributed by atoms with Gasteiger partial charge in [0.25, 0.3) is 0 Å². The maximum atomic E-state index is 12.7. The number of carbonyl (C=O) groups excluding carboxylic acids is 1. The van der Waals surface area contributed by atoms with Crippen molar-refractivity contribution >= 4 is 5.91 Å². The monoisotopic (exact) mass is 280 g/mol. The molecule has 0 aromatic heterocycles. The molecule has 2 unspecified atom stereocenters. The minimum absolute atomic E-state index is 0.132. The van der Waals surface area contributed by atoms with Crippen molar-refractivity contribution in [1.29, 1.82) is 0 Å². The zero-order chi connectivity index (χ0) is 14.9. The third-order valence-electron chi connectivity index (χ3n) is 4.39. The van der Waals surface area contributed by atoms with Gasteiger partial charge in [0.1, 0.15) is 6.04 Å². The summed E-state index contributed by atoms with van der Waals surface area (Å²) < 4.78 is 0. The molecule has 1 amide bonds. The molecule has 0 radical (unpaired) electrons. The maximum Gasteiger partial charge on any atom is 0.247 e. The molecule has 1 aliphatic carbocycles. The average molecular weight is 280 g/mol. The van der Waals surface area contributed by atoms with E-state index in [1.54, 1.807) is 6.20 Å². The summed E-state index contributed by atoms with van der Waals surface area (Å²) in [6.45, 7) is 7.02. The first-order valence-electron chi connectivity index (χ1n) is 7.72. The van der Waals surface area contributed by atoms with Gasteiger partial charge in [-0.15, -0.1) is 0 Å². The molecule has 0 aromatic carbocycles. The lowest BCUT2D eigenvalue weighted by atomic mass is 10.0. The molecule has 5 heteroatoms. The first-order chi connectivity index (χ1) is 9.41. The van der Waals surface area contributed by atoms with Crippen LogP contribution >= 0.6 is 0 Å². The van der Waals surface area contributed by atoms with Gasteiger partial charge in [0, 0.05) is 30.4 Å². The molecule has 1 saturated carbocycles. The van der Waals surface area contributed by atoms with Crippen LogP contribution in [0.4, 0.5) is 0 Å². The van der Waals surface area contributed by atoms with Gasteiger partial charge in [-0.3, -0.25) is 4.79 Å². The highest BCUT2D eigenvalue weighted by Crippen LogP contribution is 2.34. The fourth-order valence-electron chi connectivity index (χ4n) is 2.96. The largest absolute Gasteiger partial charge is 0.401 e. The molecule has 1 aliphatic heterocycles. The topological polar surface area (TPSA) is 75.6 Å². The lowest BCUT2D eigenvalue weighted by molar-refractivity contribution is -0.138. The van der Waals surface area contributed by atoms with Gasteiger partial charge in [-0.25, -0.2) is 5.84 Å². The van der Waals surface area contributed by atoms with Crippen molar-refractivity contribution in [2.75, 3.05) is 6.54 Å².